The van der Waals surface area contributed by atoms with Gasteiger partial charge in [-0.25, -0.2) is 4.99 Å². The Morgan fingerprint density at radius 3 is 2.85 bits per heavy atom. The van der Waals surface area contributed by atoms with Gasteiger partial charge in [0.2, 0.25) is 5.91 Å². The lowest BCUT2D eigenvalue weighted by molar-refractivity contribution is -0.127. The summed E-state index contributed by atoms with van der Waals surface area (Å²) >= 11 is 0. The summed E-state index contributed by atoms with van der Waals surface area (Å²) in [4.78, 5) is 18.0. The molecule has 1 saturated heterocycles. The molecular formula is C20H32N4O3. The highest BCUT2D eigenvalue weighted by molar-refractivity contribution is 5.86. The van der Waals surface area contributed by atoms with Crippen LogP contribution in [0.15, 0.2) is 23.2 Å². The van der Waals surface area contributed by atoms with E-state index in [9.17, 15) is 4.79 Å². The zero-order valence-electron chi connectivity index (χ0n) is 16.9. The second kappa shape index (κ2) is 10.8. The summed E-state index contributed by atoms with van der Waals surface area (Å²) in [6.07, 6.45) is 1.99. The number of hydrogen-bond acceptors (Lipinski definition) is 4. The van der Waals surface area contributed by atoms with Gasteiger partial charge in [-0.3, -0.25) is 4.79 Å². The number of likely N-dealkylation sites (N-methyl/N-ethyl adjacent to an activating group) is 1. The Balaban J connectivity index is 2.07. The van der Waals surface area contributed by atoms with Crippen LogP contribution in [0.2, 0.25) is 0 Å². The normalized spacial score (nSPS) is 16.9. The van der Waals surface area contributed by atoms with Crippen molar-refractivity contribution in [3.63, 3.8) is 0 Å². The van der Waals surface area contributed by atoms with Crippen LogP contribution in [0.5, 0.6) is 5.75 Å². The first-order chi connectivity index (χ1) is 13.0. The highest BCUT2D eigenvalue weighted by Crippen LogP contribution is 2.24. The van der Waals surface area contributed by atoms with Crippen molar-refractivity contribution in [2.45, 2.75) is 39.3 Å². The van der Waals surface area contributed by atoms with Gasteiger partial charge in [0.15, 0.2) is 5.96 Å². The van der Waals surface area contributed by atoms with Crippen LogP contribution in [0.3, 0.4) is 0 Å². The Hall–Kier alpha value is -2.28. The number of guanidine groups is 1. The molecule has 0 saturated carbocycles. The Kier molecular flexibility index (Phi) is 8.39. The van der Waals surface area contributed by atoms with Crippen molar-refractivity contribution in [3.05, 3.63) is 29.3 Å². The van der Waals surface area contributed by atoms with Crippen molar-refractivity contribution in [1.82, 2.24) is 15.5 Å². The number of rotatable bonds is 8. The first kappa shape index (κ1) is 21.0. The fourth-order valence-corrected chi connectivity index (χ4v) is 2.59. The van der Waals surface area contributed by atoms with Crippen molar-refractivity contribution < 1.29 is 14.3 Å². The zero-order chi connectivity index (χ0) is 19.6. The minimum atomic E-state index is 0.00147. The Morgan fingerprint density at radius 2 is 2.19 bits per heavy atom. The molecule has 0 aliphatic carbocycles. The number of benzene rings is 1. The summed E-state index contributed by atoms with van der Waals surface area (Å²) in [7, 11) is 3.48. The number of hydrogen-bond donors (Lipinski definition) is 2. The molecule has 1 aromatic rings. The molecule has 2 N–H and O–H groups in total. The summed E-state index contributed by atoms with van der Waals surface area (Å²) < 4.78 is 11.5. The van der Waals surface area contributed by atoms with Crippen LogP contribution in [0.25, 0.3) is 0 Å². The number of amides is 1. The first-order valence-corrected chi connectivity index (χ1v) is 9.56. The van der Waals surface area contributed by atoms with Crippen molar-refractivity contribution in [2.75, 3.05) is 40.4 Å². The average Bonchev–Trinajstić information content (AvgIpc) is 3.15. The van der Waals surface area contributed by atoms with E-state index in [2.05, 4.69) is 28.6 Å². The molecule has 2 rings (SSSR count). The maximum Gasteiger partial charge on any atom is 0.241 e. The lowest BCUT2D eigenvalue weighted by atomic mass is 10.1. The fraction of sp³-hybridized carbons (Fsp3) is 0.600. The minimum absolute atomic E-state index is 0.00147. The van der Waals surface area contributed by atoms with Gasteiger partial charge in [0.1, 0.15) is 11.9 Å². The van der Waals surface area contributed by atoms with E-state index in [4.69, 9.17) is 9.47 Å². The summed E-state index contributed by atoms with van der Waals surface area (Å²) in [5.74, 6) is 1.48. The predicted molar refractivity (Wildman–Crippen MR) is 107 cm³/mol. The van der Waals surface area contributed by atoms with Crippen LogP contribution in [0.4, 0.5) is 0 Å². The molecule has 1 fully saturated rings. The molecule has 7 nitrogen and oxygen atoms in total. The molecule has 1 aromatic carbocycles. The van der Waals surface area contributed by atoms with E-state index in [1.54, 1.807) is 19.0 Å². The lowest BCUT2D eigenvalue weighted by Gasteiger charge is -2.17. The molecule has 1 aliphatic heterocycles. The minimum Gasteiger partial charge on any atom is -0.488 e. The molecule has 1 unspecified atom stereocenters. The zero-order valence-corrected chi connectivity index (χ0v) is 16.9. The van der Waals surface area contributed by atoms with Gasteiger partial charge >= 0.3 is 0 Å². The number of aliphatic imine (C=N–C) groups is 1. The standard InChI is InChI=1S/C20H32N4O3/c1-5-9-21-20(23-13-19(25)24(3)4)22-12-16-7-6-15(2)11-18(16)27-17-8-10-26-14-17/h6-7,11,17H,5,8-10,12-14H2,1-4H3,(H2,21,22,23). The number of carbonyl (C=O) groups excluding carboxylic acids is 1. The largest absolute Gasteiger partial charge is 0.488 e. The maximum absolute atomic E-state index is 11.8. The number of carbonyl (C=O) groups is 1. The third-order valence-electron chi connectivity index (χ3n) is 4.26. The van der Waals surface area contributed by atoms with E-state index in [0.29, 0.717) is 19.1 Å². The maximum atomic E-state index is 11.8. The Bertz CT molecular complexity index is 640. The van der Waals surface area contributed by atoms with Crippen molar-refractivity contribution in [2.24, 2.45) is 4.99 Å². The van der Waals surface area contributed by atoms with Crippen LogP contribution in [-0.2, 0) is 16.1 Å². The van der Waals surface area contributed by atoms with Crippen molar-refractivity contribution in [3.8, 4) is 5.75 Å². The summed E-state index contributed by atoms with van der Waals surface area (Å²) in [5, 5.41) is 6.34. The second-order valence-corrected chi connectivity index (χ2v) is 6.95. The van der Waals surface area contributed by atoms with Gasteiger partial charge in [-0.05, 0) is 25.0 Å². The number of nitrogens with zero attached hydrogens (tertiary/aromatic N) is 2. The third kappa shape index (κ3) is 7.09. The van der Waals surface area contributed by atoms with Gasteiger partial charge in [-0.15, -0.1) is 0 Å². The highest BCUT2D eigenvalue weighted by atomic mass is 16.5. The quantitative estimate of drug-likeness (QED) is 0.534. The molecule has 0 radical (unpaired) electrons. The number of ether oxygens (including phenoxy) is 2. The van der Waals surface area contributed by atoms with E-state index in [0.717, 1.165) is 42.9 Å². The predicted octanol–water partition coefficient (Wildman–Crippen LogP) is 1.70. The van der Waals surface area contributed by atoms with Crippen LogP contribution in [0.1, 0.15) is 30.9 Å². The van der Waals surface area contributed by atoms with Crippen molar-refractivity contribution >= 4 is 11.9 Å². The van der Waals surface area contributed by atoms with E-state index in [1.807, 2.05) is 19.1 Å². The van der Waals surface area contributed by atoms with Gasteiger partial charge in [0.05, 0.1) is 26.3 Å². The van der Waals surface area contributed by atoms with E-state index in [1.165, 1.54) is 0 Å². The molecule has 0 bridgehead atoms. The van der Waals surface area contributed by atoms with Gasteiger partial charge in [0, 0.05) is 32.6 Å². The van der Waals surface area contributed by atoms with E-state index >= 15 is 0 Å². The number of aryl methyl sites for hydroxylation is 1. The topological polar surface area (TPSA) is 75.2 Å². The molecule has 150 valence electrons. The molecule has 1 amide bonds. The number of nitrogens with one attached hydrogen (secondary N) is 2. The monoisotopic (exact) mass is 376 g/mol. The molecular weight excluding hydrogens is 344 g/mol. The Morgan fingerprint density at radius 1 is 1.37 bits per heavy atom. The second-order valence-electron chi connectivity index (χ2n) is 6.95. The molecule has 1 atom stereocenters. The Labute approximate surface area is 162 Å². The van der Waals surface area contributed by atoms with Crippen molar-refractivity contribution in [1.29, 1.82) is 0 Å². The molecule has 1 aliphatic rings. The van der Waals surface area contributed by atoms with Crippen LogP contribution in [0, 0.1) is 6.92 Å². The fourth-order valence-electron chi connectivity index (χ4n) is 2.59. The van der Waals surface area contributed by atoms with E-state index < -0.39 is 0 Å². The highest BCUT2D eigenvalue weighted by Gasteiger charge is 2.18. The SMILES string of the molecule is CCCNC(=NCc1ccc(C)cc1OC1CCOC1)NCC(=O)N(C)C. The molecule has 0 aromatic heterocycles. The molecule has 27 heavy (non-hydrogen) atoms. The van der Waals surface area contributed by atoms with Gasteiger partial charge in [-0.1, -0.05) is 19.1 Å². The average molecular weight is 377 g/mol. The molecule has 1 heterocycles. The van der Waals surface area contributed by atoms with Gasteiger partial charge < -0.3 is 25.0 Å². The summed E-state index contributed by atoms with van der Waals surface area (Å²) in [6.45, 7) is 6.99. The van der Waals surface area contributed by atoms with E-state index in [-0.39, 0.29) is 18.6 Å². The summed E-state index contributed by atoms with van der Waals surface area (Å²) in [5.41, 5.74) is 2.17. The molecule has 7 heteroatoms. The molecule has 0 spiro atoms. The smallest absolute Gasteiger partial charge is 0.241 e. The lowest BCUT2D eigenvalue weighted by Crippen LogP contribution is -2.43. The van der Waals surface area contributed by atoms with Crippen LogP contribution < -0.4 is 15.4 Å². The van der Waals surface area contributed by atoms with Gasteiger partial charge in [0.25, 0.3) is 0 Å². The van der Waals surface area contributed by atoms with Crippen LogP contribution in [-0.4, -0.2) is 63.3 Å². The first-order valence-electron chi connectivity index (χ1n) is 9.56. The van der Waals surface area contributed by atoms with Gasteiger partial charge in [-0.2, -0.15) is 0 Å². The summed E-state index contributed by atoms with van der Waals surface area (Å²) in [6, 6.07) is 6.16. The van der Waals surface area contributed by atoms with Crippen LogP contribution >= 0.6 is 0 Å². The third-order valence-corrected chi connectivity index (χ3v) is 4.26.